The lowest BCUT2D eigenvalue weighted by Gasteiger charge is -2.32. The molecule has 1 amide bonds. The van der Waals surface area contributed by atoms with Gasteiger partial charge in [-0.05, 0) is 53.7 Å². The Hall–Kier alpha value is -2.89. The van der Waals surface area contributed by atoms with Crippen LogP contribution in [0.25, 0.3) is 11.3 Å². The maximum Gasteiger partial charge on any atom is 0.375 e. The van der Waals surface area contributed by atoms with Crippen molar-refractivity contribution in [3.63, 3.8) is 0 Å². The molecule has 0 unspecified atom stereocenters. The largest absolute Gasteiger partial charge is 0.449 e. The first-order chi connectivity index (χ1) is 13.1. The van der Waals surface area contributed by atoms with Gasteiger partial charge >= 0.3 is 5.97 Å². The summed E-state index contributed by atoms with van der Waals surface area (Å²) in [6, 6.07) is 10.1. The molecule has 0 saturated carbocycles. The van der Waals surface area contributed by atoms with E-state index in [-0.39, 0.29) is 29.5 Å². The number of benzene rings is 1. The van der Waals surface area contributed by atoms with Gasteiger partial charge < -0.3 is 14.1 Å². The summed E-state index contributed by atoms with van der Waals surface area (Å²) < 4.78 is 10.9. The Bertz CT molecular complexity index is 840. The molecule has 0 saturated heterocycles. The van der Waals surface area contributed by atoms with E-state index in [0.717, 1.165) is 5.56 Å². The Balaban J connectivity index is 2.09. The van der Waals surface area contributed by atoms with Gasteiger partial charge in [0.2, 0.25) is 5.76 Å². The summed E-state index contributed by atoms with van der Waals surface area (Å²) in [5, 5.41) is 0. The number of hydrogen-bond acceptors (Lipinski definition) is 5. The van der Waals surface area contributed by atoms with Crippen molar-refractivity contribution in [2.75, 3.05) is 0 Å². The summed E-state index contributed by atoms with van der Waals surface area (Å²) in [6.07, 6.45) is -0.916. The van der Waals surface area contributed by atoms with E-state index in [0.29, 0.717) is 11.3 Å². The summed E-state index contributed by atoms with van der Waals surface area (Å²) in [7, 11) is 0. The monoisotopic (exact) mass is 385 g/mol. The zero-order valence-corrected chi connectivity index (χ0v) is 17.2. The Morgan fingerprint density at radius 3 is 1.96 bits per heavy atom. The number of rotatable bonds is 7. The Labute approximate surface area is 165 Å². The molecule has 2 aromatic rings. The molecule has 1 heterocycles. The molecule has 0 aliphatic rings. The van der Waals surface area contributed by atoms with Gasteiger partial charge in [0, 0.05) is 23.2 Å². The van der Waals surface area contributed by atoms with Crippen molar-refractivity contribution >= 4 is 17.7 Å². The topological polar surface area (TPSA) is 76.8 Å². The van der Waals surface area contributed by atoms with Gasteiger partial charge in [-0.25, -0.2) is 4.79 Å². The van der Waals surface area contributed by atoms with Crippen LogP contribution in [-0.2, 0) is 9.53 Å². The van der Waals surface area contributed by atoms with Crippen molar-refractivity contribution < 1.29 is 23.5 Å². The molecule has 0 N–H and O–H groups in total. The van der Waals surface area contributed by atoms with Gasteiger partial charge in [-0.2, -0.15) is 0 Å². The highest BCUT2D eigenvalue weighted by Gasteiger charge is 2.28. The van der Waals surface area contributed by atoms with Crippen LogP contribution >= 0.6 is 0 Å². The summed E-state index contributed by atoms with van der Waals surface area (Å²) in [5.41, 5.74) is 1.33. The number of ketones is 1. The standard InChI is InChI=1S/C22H27NO5/c1-13(2)23(14(3)4)21(25)16(6)27-22(26)20-12-11-19(28-20)18-9-7-17(8-10-18)15(5)24/h7-14,16H,1-6H3/t16-/m1/s1. The molecule has 150 valence electrons. The average Bonchev–Trinajstić information content (AvgIpc) is 3.11. The zero-order chi connectivity index (χ0) is 21.0. The summed E-state index contributed by atoms with van der Waals surface area (Å²) in [6.45, 7) is 10.7. The smallest absolute Gasteiger partial charge is 0.375 e. The van der Waals surface area contributed by atoms with Crippen molar-refractivity contribution in [1.82, 2.24) is 4.90 Å². The van der Waals surface area contributed by atoms with Crippen LogP contribution in [0.15, 0.2) is 40.8 Å². The van der Waals surface area contributed by atoms with Gasteiger partial charge in [0.05, 0.1) is 0 Å². The summed E-state index contributed by atoms with van der Waals surface area (Å²) in [5.74, 6) is -0.464. The Kier molecular flexibility index (Phi) is 6.78. The third kappa shape index (κ3) is 4.88. The number of furan rings is 1. The fourth-order valence-corrected chi connectivity index (χ4v) is 3.06. The van der Waals surface area contributed by atoms with Crippen LogP contribution in [0.1, 0.15) is 62.5 Å². The average molecular weight is 385 g/mol. The molecule has 0 aliphatic carbocycles. The van der Waals surface area contributed by atoms with Crippen molar-refractivity contribution in [2.24, 2.45) is 0 Å². The number of nitrogens with zero attached hydrogens (tertiary/aromatic N) is 1. The van der Waals surface area contributed by atoms with E-state index in [1.807, 2.05) is 27.7 Å². The molecule has 0 bridgehead atoms. The van der Waals surface area contributed by atoms with E-state index < -0.39 is 12.1 Å². The number of hydrogen-bond donors (Lipinski definition) is 0. The van der Waals surface area contributed by atoms with Gasteiger partial charge in [0.1, 0.15) is 5.76 Å². The molecule has 0 fully saturated rings. The first kappa shape index (κ1) is 21.4. The molecule has 2 rings (SSSR count). The number of carbonyl (C=O) groups is 3. The summed E-state index contributed by atoms with van der Waals surface area (Å²) >= 11 is 0. The fraction of sp³-hybridized carbons (Fsp3) is 0.409. The lowest BCUT2D eigenvalue weighted by molar-refractivity contribution is -0.143. The highest BCUT2D eigenvalue weighted by molar-refractivity contribution is 5.94. The van der Waals surface area contributed by atoms with E-state index in [2.05, 4.69) is 0 Å². The maximum atomic E-state index is 12.6. The van der Waals surface area contributed by atoms with Crippen LogP contribution in [0, 0.1) is 0 Å². The van der Waals surface area contributed by atoms with Crippen molar-refractivity contribution in [1.29, 1.82) is 0 Å². The Morgan fingerprint density at radius 1 is 0.893 bits per heavy atom. The van der Waals surface area contributed by atoms with Gasteiger partial charge in [0.15, 0.2) is 11.9 Å². The Morgan fingerprint density at radius 2 is 1.46 bits per heavy atom. The quantitative estimate of drug-likeness (QED) is 0.523. The highest BCUT2D eigenvalue weighted by Crippen LogP contribution is 2.23. The predicted octanol–water partition coefficient (Wildman–Crippen LogP) is 4.34. The highest BCUT2D eigenvalue weighted by atomic mass is 16.6. The van der Waals surface area contributed by atoms with E-state index in [1.165, 1.54) is 13.0 Å². The molecule has 6 nitrogen and oxygen atoms in total. The molecule has 1 aromatic heterocycles. The van der Waals surface area contributed by atoms with E-state index in [1.54, 1.807) is 42.2 Å². The second-order valence-corrected chi connectivity index (χ2v) is 7.28. The minimum absolute atomic E-state index is 0.00171. The zero-order valence-electron chi connectivity index (χ0n) is 17.2. The third-order valence-electron chi connectivity index (χ3n) is 4.38. The van der Waals surface area contributed by atoms with Crippen molar-refractivity contribution in [3.8, 4) is 11.3 Å². The number of carbonyl (C=O) groups excluding carboxylic acids is 3. The number of esters is 1. The van der Waals surface area contributed by atoms with E-state index >= 15 is 0 Å². The number of amides is 1. The molecule has 0 radical (unpaired) electrons. The SMILES string of the molecule is CC(=O)c1ccc(-c2ccc(C(=O)O[C@H](C)C(=O)N(C(C)C)C(C)C)o2)cc1. The predicted molar refractivity (Wildman–Crippen MR) is 106 cm³/mol. The van der Waals surface area contributed by atoms with Gasteiger partial charge in [0.25, 0.3) is 5.91 Å². The van der Waals surface area contributed by atoms with E-state index in [4.69, 9.17) is 9.15 Å². The fourth-order valence-electron chi connectivity index (χ4n) is 3.06. The van der Waals surface area contributed by atoms with Crippen molar-refractivity contribution in [3.05, 3.63) is 47.7 Å². The molecular formula is C22H27NO5. The summed E-state index contributed by atoms with van der Waals surface area (Å²) in [4.78, 5) is 38.0. The maximum absolute atomic E-state index is 12.6. The molecule has 6 heteroatoms. The third-order valence-corrected chi connectivity index (χ3v) is 4.38. The second-order valence-electron chi connectivity index (χ2n) is 7.28. The first-order valence-electron chi connectivity index (χ1n) is 9.36. The molecule has 0 spiro atoms. The molecule has 0 aliphatic heterocycles. The lowest BCUT2D eigenvalue weighted by Crippen LogP contribution is -2.47. The minimum Gasteiger partial charge on any atom is -0.449 e. The molecular weight excluding hydrogens is 358 g/mol. The van der Waals surface area contributed by atoms with Gasteiger partial charge in [-0.1, -0.05) is 24.3 Å². The van der Waals surface area contributed by atoms with Crippen LogP contribution in [0.4, 0.5) is 0 Å². The van der Waals surface area contributed by atoms with E-state index in [9.17, 15) is 14.4 Å². The van der Waals surface area contributed by atoms with Crippen molar-refractivity contribution in [2.45, 2.75) is 59.7 Å². The second kappa shape index (κ2) is 8.87. The van der Waals surface area contributed by atoms with Crippen LogP contribution in [-0.4, -0.2) is 40.7 Å². The minimum atomic E-state index is -0.916. The molecule has 28 heavy (non-hydrogen) atoms. The molecule has 1 atom stereocenters. The van der Waals surface area contributed by atoms with Crippen LogP contribution in [0.5, 0.6) is 0 Å². The first-order valence-corrected chi connectivity index (χ1v) is 9.36. The number of ether oxygens (including phenoxy) is 1. The van der Waals surface area contributed by atoms with Crippen LogP contribution in [0.2, 0.25) is 0 Å². The molecule has 1 aromatic carbocycles. The van der Waals surface area contributed by atoms with Gasteiger partial charge in [-0.3, -0.25) is 9.59 Å². The van der Waals surface area contributed by atoms with Gasteiger partial charge in [-0.15, -0.1) is 0 Å². The van der Waals surface area contributed by atoms with Crippen LogP contribution in [0.3, 0.4) is 0 Å². The van der Waals surface area contributed by atoms with Crippen LogP contribution < -0.4 is 0 Å². The normalized spacial score (nSPS) is 12.1. The lowest BCUT2D eigenvalue weighted by atomic mass is 10.1. The number of Topliss-reactive ketones (excluding diaryl/α,β-unsaturated/α-hetero) is 1.